The van der Waals surface area contributed by atoms with Crippen LogP contribution in [0.4, 0.5) is 29.3 Å². The number of ether oxygens (including phenoxy) is 1. The van der Waals surface area contributed by atoms with Gasteiger partial charge in [0, 0.05) is 19.5 Å². The molecule has 0 aliphatic carbocycles. The molecule has 2 aliphatic heterocycles. The number of ketones is 1. The Bertz CT molecular complexity index is 846. The molecule has 2 saturated heterocycles. The molecule has 9 nitrogen and oxygen atoms in total. The molecule has 0 spiro atoms. The van der Waals surface area contributed by atoms with Gasteiger partial charge in [0.1, 0.15) is 11.9 Å². The fraction of sp³-hybridized carbons (Fsp3) is 0.500. The highest BCUT2D eigenvalue weighted by molar-refractivity contribution is 7.80. The number of rotatable bonds is 6. The minimum absolute atomic E-state index is 0.00461. The largest absolute Gasteiger partial charge is 0.444 e. The number of anilines is 2. The van der Waals surface area contributed by atoms with Crippen LogP contribution >= 0.6 is 12.2 Å². The number of nitrogens with zero attached hydrogens (tertiary/aromatic N) is 3. The second-order valence-electron chi connectivity index (χ2n) is 6.90. The van der Waals surface area contributed by atoms with Crippen LogP contribution in [0.1, 0.15) is 12.8 Å². The van der Waals surface area contributed by atoms with Gasteiger partial charge in [0.25, 0.3) is 6.43 Å². The molecule has 0 saturated carbocycles. The molecule has 0 bridgehead atoms. The number of carbonyl (C=O) groups is 2. The van der Waals surface area contributed by atoms with Crippen molar-refractivity contribution in [3.8, 4) is 0 Å². The van der Waals surface area contributed by atoms with E-state index in [0.29, 0.717) is 18.8 Å². The van der Waals surface area contributed by atoms with E-state index in [9.17, 15) is 22.8 Å². The first-order valence-corrected chi connectivity index (χ1v) is 9.89. The van der Waals surface area contributed by atoms with Crippen molar-refractivity contribution in [1.82, 2.24) is 10.5 Å². The molecule has 31 heavy (non-hydrogen) atoms. The van der Waals surface area contributed by atoms with Gasteiger partial charge in [-0.15, -0.1) is 0 Å². The number of amides is 1. The number of hydrogen-bond acceptors (Lipinski definition) is 7. The van der Waals surface area contributed by atoms with Gasteiger partial charge in [-0.05, 0) is 36.8 Å². The van der Waals surface area contributed by atoms with E-state index >= 15 is 0 Å². The van der Waals surface area contributed by atoms with Crippen molar-refractivity contribution >= 4 is 40.6 Å². The SMILES string of the molecule is O=C(CC[C@H]1CN(c2ccc(N3CCON(C(=S)NO)CC3)c(F)c2)C(=O)O1)C(F)F. The molecule has 2 fully saturated rings. The average molecular weight is 462 g/mol. The summed E-state index contributed by atoms with van der Waals surface area (Å²) in [5.41, 5.74) is 2.38. The number of hydrogen-bond donors (Lipinski definition) is 2. The van der Waals surface area contributed by atoms with Gasteiger partial charge in [-0.2, -0.15) is 0 Å². The zero-order valence-corrected chi connectivity index (χ0v) is 17.1. The fourth-order valence-corrected chi connectivity index (χ4v) is 3.47. The van der Waals surface area contributed by atoms with Gasteiger partial charge in [-0.3, -0.25) is 19.7 Å². The Morgan fingerprint density at radius 1 is 1.32 bits per heavy atom. The average Bonchev–Trinajstić information content (AvgIpc) is 2.95. The van der Waals surface area contributed by atoms with E-state index in [1.54, 1.807) is 11.0 Å². The lowest BCUT2D eigenvalue weighted by Crippen LogP contribution is -2.39. The highest BCUT2D eigenvalue weighted by atomic mass is 32.1. The molecule has 1 atom stereocenters. The lowest BCUT2D eigenvalue weighted by Gasteiger charge is -2.24. The van der Waals surface area contributed by atoms with Crippen LogP contribution in [0, 0.1) is 5.82 Å². The van der Waals surface area contributed by atoms with E-state index in [1.165, 1.54) is 22.1 Å². The highest BCUT2D eigenvalue weighted by Gasteiger charge is 2.33. The highest BCUT2D eigenvalue weighted by Crippen LogP contribution is 2.29. The summed E-state index contributed by atoms with van der Waals surface area (Å²) >= 11 is 4.90. The first-order valence-electron chi connectivity index (χ1n) is 9.48. The zero-order valence-electron chi connectivity index (χ0n) is 16.3. The summed E-state index contributed by atoms with van der Waals surface area (Å²) in [5.74, 6) is -1.78. The van der Waals surface area contributed by atoms with Gasteiger partial charge >= 0.3 is 6.09 Å². The summed E-state index contributed by atoms with van der Waals surface area (Å²) in [5, 5.41) is 10.2. The number of thiocarbonyl (C=S) groups is 1. The predicted molar refractivity (Wildman–Crippen MR) is 107 cm³/mol. The molecule has 13 heteroatoms. The number of hydroxylamine groups is 3. The van der Waals surface area contributed by atoms with Crippen molar-refractivity contribution in [2.45, 2.75) is 25.4 Å². The monoisotopic (exact) mass is 462 g/mol. The van der Waals surface area contributed by atoms with Gasteiger partial charge in [0.15, 0.2) is 5.78 Å². The van der Waals surface area contributed by atoms with Gasteiger partial charge in [-0.25, -0.2) is 28.5 Å². The van der Waals surface area contributed by atoms with Crippen molar-refractivity contribution in [3.05, 3.63) is 24.0 Å². The summed E-state index contributed by atoms with van der Waals surface area (Å²) in [6, 6.07) is 4.26. The zero-order chi connectivity index (χ0) is 22.5. The molecule has 0 unspecified atom stereocenters. The summed E-state index contributed by atoms with van der Waals surface area (Å²) < 4.78 is 44.6. The van der Waals surface area contributed by atoms with Gasteiger partial charge in [-0.1, -0.05) is 0 Å². The Morgan fingerprint density at radius 3 is 2.77 bits per heavy atom. The van der Waals surface area contributed by atoms with Crippen LogP contribution < -0.4 is 15.3 Å². The van der Waals surface area contributed by atoms with Crippen LogP contribution in [-0.4, -0.2) is 72.6 Å². The van der Waals surface area contributed by atoms with E-state index in [2.05, 4.69) is 0 Å². The van der Waals surface area contributed by atoms with Gasteiger partial charge < -0.3 is 9.64 Å². The molecule has 3 rings (SSSR count). The third-order valence-corrected chi connectivity index (χ3v) is 5.21. The normalized spacial score (nSPS) is 19.5. The number of nitrogens with one attached hydrogen (secondary N) is 1. The molecule has 1 amide bonds. The third-order valence-electron chi connectivity index (χ3n) is 4.92. The topological polar surface area (TPSA) is 94.6 Å². The molecular formula is C18H21F3N4O5S. The molecule has 170 valence electrons. The van der Waals surface area contributed by atoms with Crippen LogP contribution in [0.15, 0.2) is 18.2 Å². The molecule has 2 heterocycles. The fourth-order valence-electron chi connectivity index (χ4n) is 3.32. The van der Waals surface area contributed by atoms with Crippen LogP contribution in [0.3, 0.4) is 0 Å². The lowest BCUT2D eigenvalue weighted by molar-refractivity contribution is -0.129. The quantitative estimate of drug-likeness (QED) is 0.487. The molecule has 2 aliphatic rings. The maximum atomic E-state index is 14.8. The smallest absolute Gasteiger partial charge is 0.414 e. The second kappa shape index (κ2) is 10.1. The minimum Gasteiger partial charge on any atom is -0.444 e. The van der Waals surface area contributed by atoms with Crippen LogP contribution in [0.5, 0.6) is 0 Å². The second-order valence-corrected chi connectivity index (χ2v) is 7.28. The van der Waals surface area contributed by atoms with Gasteiger partial charge in [0.05, 0.1) is 31.1 Å². The van der Waals surface area contributed by atoms with E-state index < -0.39 is 36.6 Å². The van der Waals surface area contributed by atoms with Crippen LogP contribution in [0.2, 0.25) is 0 Å². The number of halogens is 3. The Hall–Kier alpha value is -2.64. The summed E-state index contributed by atoms with van der Waals surface area (Å²) in [6.45, 7) is 1.26. The molecule has 1 aromatic rings. The van der Waals surface area contributed by atoms with E-state index in [-0.39, 0.29) is 36.9 Å². The Kier molecular flexibility index (Phi) is 7.51. The Balaban J connectivity index is 1.63. The van der Waals surface area contributed by atoms with E-state index in [0.717, 1.165) is 0 Å². The number of cyclic esters (lactones) is 1. The lowest BCUT2D eigenvalue weighted by atomic mass is 10.1. The maximum absolute atomic E-state index is 14.8. The Morgan fingerprint density at radius 2 is 2.10 bits per heavy atom. The first-order chi connectivity index (χ1) is 14.8. The number of carbonyl (C=O) groups excluding carboxylic acids is 2. The first kappa shape index (κ1) is 23.0. The summed E-state index contributed by atoms with van der Waals surface area (Å²) in [4.78, 5) is 31.5. The van der Waals surface area contributed by atoms with Gasteiger partial charge in [0.2, 0.25) is 5.11 Å². The van der Waals surface area contributed by atoms with Crippen LogP contribution in [-0.2, 0) is 14.4 Å². The molecule has 0 radical (unpaired) electrons. The number of Topliss-reactive ketones (excluding diaryl/α,β-unsaturated/α-hetero) is 1. The summed E-state index contributed by atoms with van der Waals surface area (Å²) in [6.07, 6.45) is -4.94. The van der Waals surface area contributed by atoms with Crippen molar-refractivity contribution in [2.75, 3.05) is 42.6 Å². The molecule has 0 aromatic heterocycles. The number of benzene rings is 1. The minimum atomic E-state index is -3.05. The number of alkyl halides is 2. The van der Waals surface area contributed by atoms with Crippen molar-refractivity contribution < 1.29 is 37.5 Å². The molecule has 1 aromatic carbocycles. The van der Waals surface area contributed by atoms with Crippen LogP contribution in [0.25, 0.3) is 0 Å². The Labute approximate surface area is 181 Å². The maximum Gasteiger partial charge on any atom is 0.414 e. The predicted octanol–water partition coefficient (Wildman–Crippen LogP) is 2.08. The summed E-state index contributed by atoms with van der Waals surface area (Å²) in [7, 11) is 0. The van der Waals surface area contributed by atoms with Crippen molar-refractivity contribution in [1.29, 1.82) is 0 Å². The standard InChI is InChI=1S/C18H21F3N4O5S/c19-13-9-11(24-10-12(30-18(24)27)2-4-15(26)16(20)21)1-3-14(13)23-5-6-25(17(31)22-28)29-8-7-23/h1,3,9,12,16,28H,2,4-8,10H2,(H,22,31)/t12-/m0/s1. The van der Waals surface area contributed by atoms with Crippen molar-refractivity contribution in [3.63, 3.8) is 0 Å². The molecule has 2 N–H and O–H groups in total. The molecular weight excluding hydrogens is 441 g/mol. The van der Waals surface area contributed by atoms with E-state index in [1.807, 2.05) is 5.48 Å². The third kappa shape index (κ3) is 5.54. The van der Waals surface area contributed by atoms with E-state index in [4.69, 9.17) is 27.0 Å². The van der Waals surface area contributed by atoms with Crippen molar-refractivity contribution in [2.24, 2.45) is 0 Å².